The van der Waals surface area contributed by atoms with E-state index < -0.39 is 11.8 Å². The van der Waals surface area contributed by atoms with Crippen LogP contribution in [-0.2, 0) is 30.8 Å². The molecule has 1 aromatic heterocycles. The van der Waals surface area contributed by atoms with Crippen LogP contribution in [0.5, 0.6) is 5.75 Å². The summed E-state index contributed by atoms with van der Waals surface area (Å²) in [5.74, 6) is -0.671. The van der Waals surface area contributed by atoms with Crippen molar-refractivity contribution in [2.45, 2.75) is 26.0 Å². The summed E-state index contributed by atoms with van der Waals surface area (Å²) in [5.41, 5.74) is 10.4. The summed E-state index contributed by atoms with van der Waals surface area (Å²) in [6.45, 7) is 0.482. The number of rotatable bonds is 9. The number of hydrogen-bond acceptors (Lipinski definition) is 5. The number of aliphatic carboxylic acids is 1. The van der Waals surface area contributed by atoms with E-state index in [4.69, 9.17) is 20.0 Å². The molecule has 0 saturated heterocycles. The van der Waals surface area contributed by atoms with Gasteiger partial charge in [0.05, 0.1) is 13.0 Å². The lowest BCUT2D eigenvalue weighted by atomic mass is 9.99. The number of furan rings is 1. The zero-order valence-corrected chi connectivity index (χ0v) is 17.9. The van der Waals surface area contributed by atoms with Gasteiger partial charge in [-0.2, -0.15) is 0 Å². The van der Waals surface area contributed by atoms with Gasteiger partial charge in [-0.05, 0) is 47.0 Å². The molecule has 0 spiro atoms. The third-order valence-electron chi connectivity index (χ3n) is 5.32. The Hall–Kier alpha value is -3.68. The summed E-state index contributed by atoms with van der Waals surface area (Å²) in [7, 11) is 0. The number of carbonyl (C=O) groups is 1. The topological polar surface area (TPSA) is 106 Å². The second-order valence-electron chi connectivity index (χ2n) is 7.76. The lowest BCUT2D eigenvalue weighted by Gasteiger charge is -2.12. The van der Waals surface area contributed by atoms with Crippen molar-refractivity contribution in [3.63, 3.8) is 0 Å². The minimum atomic E-state index is -1.02. The Balaban J connectivity index is 1.73. The second kappa shape index (κ2) is 9.85. The molecule has 4 rings (SSSR count). The van der Waals surface area contributed by atoms with E-state index in [9.17, 15) is 14.3 Å². The smallest absolute Gasteiger partial charge is 0.307 e. The molecule has 4 aromatic rings. The first-order chi connectivity index (χ1) is 16.0. The monoisotopic (exact) mass is 449 g/mol. The van der Waals surface area contributed by atoms with Crippen molar-refractivity contribution in [1.82, 2.24) is 0 Å². The molecule has 0 atom stereocenters. The van der Waals surface area contributed by atoms with E-state index in [0.717, 1.165) is 27.6 Å². The van der Waals surface area contributed by atoms with Gasteiger partial charge in [0.25, 0.3) is 0 Å². The normalized spacial score (nSPS) is 11.1. The zero-order chi connectivity index (χ0) is 23.4. The first-order valence-corrected chi connectivity index (χ1v) is 10.6. The summed E-state index contributed by atoms with van der Waals surface area (Å²) in [4.78, 5) is 11.1. The van der Waals surface area contributed by atoms with Crippen LogP contribution in [0.3, 0.4) is 0 Å². The van der Waals surface area contributed by atoms with Crippen LogP contribution in [-0.4, -0.2) is 22.8 Å². The summed E-state index contributed by atoms with van der Waals surface area (Å²) in [5, 5.41) is 19.3. The van der Waals surface area contributed by atoms with Crippen LogP contribution in [0.4, 0.5) is 4.39 Å². The van der Waals surface area contributed by atoms with Crippen molar-refractivity contribution in [2.75, 3.05) is 6.61 Å². The number of carboxylic acids is 1. The molecular weight excluding hydrogens is 425 g/mol. The van der Waals surface area contributed by atoms with Crippen molar-refractivity contribution >= 4 is 16.9 Å². The maximum Gasteiger partial charge on any atom is 0.307 e. The Bertz CT molecular complexity index is 1300. The van der Waals surface area contributed by atoms with Gasteiger partial charge >= 0.3 is 5.97 Å². The van der Waals surface area contributed by atoms with E-state index >= 15 is 0 Å². The highest BCUT2D eigenvalue weighted by atomic mass is 19.1. The Morgan fingerprint density at radius 3 is 2.67 bits per heavy atom. The third-order valence-corrected chi connectivity index (χ3v) is 5.32. The fraction of sp³-hybridized carbons (Fsp3) is 0.192. The number of benzene rings is 3. The molecule has 0 fully saturated rings. The van der Waals surface area contributed by atoms with Crippen LogP contribution in [0, 0.1) is 5.82 Å². The minimum absolute atomic E-state index is 0.0281. The van der Waals surface area contributed by atoms with Gasteiger partial charge < -0.3 is 25.1 Å². The molecule has 4 N–H and O–H groups in total. The highest BCUT2D eigenvalue weighted by molar-refractivity contribution is 5.93. The van der Waals surface area contributed by atoms with Gasteiger partial charge in [-0.3, -0.25) is 4.79 Å². The molecular formula is C26H24FNO5. The van der Waals surface area contributed by atoms with Crippen LogP contribution < -0.4 is 10.5 Å². The van der Waals surface area contributed by atoms with Gasteiger partial charge in [0.1, 0.15) is 29.5 Å². The van der Waals surface area contributed by atoms with E-state index in [1.54, 1.807) is 0 Å². The minimum Gasteiger partial charge on any atom is -0.488 e. The highest BCUT2D eigenvalue weighted by Crippen LogP contribution is 2.34. The Labute approximate surface area is 190 Å². The average Bonchev–Trinajstić information content (AvgIpc) is 3.21. The van der Waals surface area contributed by atoms with Gasteiger partial charge in [-0.25, -0.2) is 4.39 Å². The molecule has 0 bridgehead atoms. The molecule has 0 radical (unpaired) electrons. The average molecular weight is 449 g/mol. The van der Waals surface area contributed by atoms with E-state index in [1.165, 1.54) is 18.2 Å². The maximum atomic E-state index is 13.8. The molecule has 6 nitrogen and oxygen atoms in total. The van der Waals surface area contributed by atoms with Gasteiger partial charge in [-0.1, -0.05) is 24.3 Å². The van der Waals surface area contributed by atoms with E-state index in [2.05, 4.69) is 0 Å². The summed E-state index contributed by atoms with van der Waals surface area (Å²) < 4.78 is 25.6. The van der Waals surface area contributed by atoms with Crippen molar-refractivity contribution in [2.24, 2.45) is 5.73 Å². The van der Waals surface area contributed by atoms with E-state index in [1.807, 2.05) is 42.5 Å². The van der Waals surface area contributed by atoms with Crippen molar-refractivity contribution in [3.8, 4) is 16.9 Å². The highest BCUT2D eigenvalue weighted by Gasteiger charge is 2.15. The SMILES string of the molecule is NCc1cccc(-c2cc(COc3cc(F)ccc3CC(=O)O)cc3cc(CCO)oc23)c1. The van der Waals surface area contributed by atoms with E-state index in [-0.39, 0.29) is 25.4 Å². The number of carboxylic acid groups (broad SMARTS) is 1. The summed E-state index contributed by atoms with van der Waals surface area (Å²) >= 11 is 0. The molecule has 170 valence electrons. The van der Waals surface area contributed by atoms with Crippen LogP contribution in [0.15, 0.2) is 65.1 Å². The lowest BCUT2D eigenvalue weighted by Crippen LogP contribution is -2.05. The van der Waals surface area contributed by atoms with Crippen LogP contribution >= 0.6 is 0 Å². The molecule has 1 heterocycles. The van der Waals surface area contributed by atoms with Gasteiger partial charge in [0.2, 0.25) is 0 Å². The maximum absolute atomic E-state index is 13.8. The van der Waals surface area contributed by atoms with Crippen LogP contribution in [0.25, 0.3) is 22.1 Å². The molecule has 7 heteroatoms. The van der Waals surface area contributed by atoms with Crippen molar-refractivity contribution in [1.29, 1.82) is 0 Å². The number of aliphatic hydroxyl groups is 1. The molecule has 3 aromatic carbocycles. The van der Waals surface area contributed by atoms with Crippen LogP contribution in [0.1, 0.15) is 22.5 Å². The fourth-order valence-electron chi connectivity index (χ4n) is 3.80. The van der Waals surface area contributed by atoms with Gasteiger partial charge in [0.15, 0.2) is 0 Å². The standard InChI is InChI=1S/C26H24FNO5/c27-21-5-4-19(12-25(30)31)24(13-21)32-15-17-9-20-11-22(6-7-29)33-26(20)23(10-17)18-3-1-2-16(8-18)14-28/h1-5,8-11,13,29H,6-7,12,14-15,28H2,(H,30,31). The van der Waals surface area contributed by atoms with E-state index in [0.29, 0.717) is 29.9 Å². The number of hydrogen-bond donors (Lipinski definition) is 3. The molecule has 0 aliphatic carbocycles. The Morgan fingerprint density at radius 1 is 1.06 bits per heavy atom. The molecule has 33 heavy (non-hydrogen) atoms. The number of ether oxygens (including phenoxy) is 1. The van der Waals surface area contributed by atoms with Crippen LogP contribution in [0.2, 0.25) is 0 Å². The summed E-state index contributed by atoms with van der Waals surface area (Å²) in [6.07, 6.45) is 0.128. The van der Waals surface area contributed by atoms with Gasteiger partial charge in [-0.15, -0.1) is 0 Å². The van der Waals surface area contributed by atoms with Crippen molar-refractivity contribution < 1.29 is 28.6 Å². The molecule has 0 amide bonds. The molecule has 0 aliphatic rings. The number of nitrogens with two attached hydrogens (primary N) is 1. The van der Waals surface area contributed by atoms with Crippen molar-refractivity contribution in [3.05, 3.63) is 88.9 Å². The summed E-state index contributed by atoms with van der Waals surface area (Å²) in [6, 6.07) is 17.4. The quantitative estimate of drug-likeness (QED) is 0.349. The number of aliphatic hydroxyl groups excluding tert-OH is 1. The predicted octanol–water partition coefficient (Wildman–Crippen LogP) is 4.44. The first-order valence-electron chi connectivity index (χ1n) is 10.6. The Morgan fingerprint density at radius 2 is 1.91 bits per heavy atom. The van der Waals surface area contributed by atoms with Gasteiger partial charge in [0, 0.05) is 35.5 Å². The predicted molar refractivity (Wildman–Crippen MR) is 122 cm³/mol. The zero-order valence-electron chi connectivity index (χ0n) is 17.9. The molecule has 0 unspecified atom stereocenters. The number of halogens is 1. The fourth-order valence-corrected chi connectivity index (χ4v) is 3.80. The molecule has 0 saturated carbocycles. The second-order valence-corrected chi connectivity index (χ2v) is 7.76. The molecule has 0 aliphatic heterocycles. The third kappa shape index (κ3) is 5.22. The Kier molecular flexibility index (Phi) is 6.72. The first kappa shape index (κ1) is 22.5. The number of fused-ring (bicyclic) bond motifs is 1. The lowest BCUT2D eigenvalue weighted by molar-refractivity contribution is -0.136. The largest absolute Gasteiger partial charge is 0.488 e.